The van der Waals surface area contributed by atoms with Crippen LogP contribution in [-0.2, 0) is 6.54 Å². The van der Waals surface area contributed by atoms with Crippen molar-refractivity contribution in [3.05, 3.63) is 28.3 Å². The average molecular weight is 250 g/mol. The van der Waals surface area contributed by atoms with Crippen molar-refractivity contribution in [3.8, 4) is 0 Å². The van der Waals surface area contributed by atoms with Crippen molar-refractivity contribution in [2.75, 3.05) is 0 Å². The fourth-order valence-corrected chi connectivity index (χ4v) is 2.68. The Kier molecular flexibility index (Phi) is 2.54. The summed E-state index contributed by atoms with van der Waals surface area (Å²) in [5, 5.41) is 0. The molecule has 1 aliphatic carbocycles. The molecule has 0 atom stereocenters. The summed E-state index contributed by atoms with van der Waals surface area (Å²) in [6, 6.07) is 3.42. The lowest BCUT2D eigenvalue weighted by Crippen LogP contribution is -2.18. The molecule has 17 heavy (non-hydrogen) atoms. The molecule has 90 valence electrons. The second kappa shape index (κ2) is 3.95. The fraction of sp³-hybridized carbons (Fsp3) is 0.462. The summed E-state index contributed by atoms with van der Waals surface area (Å²) in [4.78, 5) is 3.09. The topological polar surface area (TPSA) is 20.7 Å². The second-order valence-corrected chi connectivity index (χ2v) is 5.34. The van der Waals surface area contributed by atoms with Gasteiger partial charge in [-0.15, -0.1) is 0 Å². The van der Waals surface area contributed by atoms with Crippen molar-refractivity contribution in [1.82, 2.24) is 9.55 Å². The van der Waals surface area contributed by atoms with E-state index in [1.807, 2.05) is 6.07 Å². The molecule has 1 heterocycles. The van der Waals surface area contributed by atoms with Crippen LogP contribution in [0.4, 0.5) is 4.39 Å². The number of aryl methyl sites for hydroxylation is 1. The van der Waals surface area contributed by atoms with E-state index >= 15 is 0 Å². The Bertz CT molecular complexity index is 622. The van der Waals surface area contributed by atoms with Crippen LogP contribution in [0.1, 0.15) is 24.8 Å². The second-order valence-electron chi connectivity index (χ2n) is 4.96. The molecule has 1 aromatic carbocycles. The Hall–Kier alpha value is -1.16. The predicted molar refractivity (Wildman–Crippen MR) is 69.2 cm³/mol. The molecule has 1 aliphatic rings. The zero-order chi connectivity index (χ0) is 12.0. The first-order chi connectivity index (χ1) is 8.15. The van der Waals surface area contributed by atoms with E-state index in [9.17, 15) is 4.39 Å². The van der Waals surface area contributed by atoms with Gasteiger partial charge in [0.25, 0.3) is 0 Å². The van der Waals surface area contributed by atoms with Crippen LogP contribution in [0.2, 0.25) is 0 Å². The molecule has 2 aromatic rings. The summed E-state index contributed by atoms with van der Waals surface area (Å²) in [5.74, 6) is 0.565. The molecule has 2 nitrogen and oxygen atoms in total. The van der Waals surface area contributed by atoms with Crippen LogP contribution in [0.3, 0.4) is 0 Å². The van der Waals surface area contributed by atoms with Gasteiger partial charge in [-0.3, -0.25) is 0 Å². The number of nitrogens with one attached hydrogen (secondary N) is 1. The normalized spacial score (nSPS) is 16.4. The zero-order valence-corrected chi connectivity index (χ0v) is 10.6. The molecule has 0 saturated heterocycles. The Morgan fingerprint density at radius 2 is 2.24 bits per heavy atom. The third-order valence-electron chi connectivity index (χ3n) is 3.72. The van der Waals surface area contributed by atoms with E-state index in [1.165, 1.54) is 25.3 Å². The van der Waals surface area contributed by atoms with Gasteiger partial charge >= 0.3 is 0 Å². The van der Waals surface area contributed by atoms with Gasteiger partial charge in [0.05, 0.1) is 11.0 Å². The van der Waals surface area contributed by atoms with Gasteiger partial charge in [-0.25, -0.2) is 4.39 Å². The number of rotatable bonds is 2. The summed E-state index contributed by atoms with van der Waals surface area (Å²) < 4.78 is 16.3. The highest BCUT2D eigenvalue weighted by atomic mass is 32.1. The van der Waals surface area contributed by atoms with Crippen LogP contribution in [0.25, 0.3) is 11.0 Å². The Morgan fingerprint density at radius 1 is 1.47 bits per heavy atom. The van der Waals surface area contributed by atoms with Crippen LogP contribution in [0.5, 0.6) is 0 Å². The third-order valence-corrected chi connectivity index (χ3v) is 4.04. The van der Waals surface area contributed by atoms with Crippen molar-refractivity contribution in [2.45, 2.75) is 32.7 Å². The number of hydrogen-bond acceptors (Lipinski definition) is 1. The monoisotopic (exact) mass is 250 g/mol. The molecule has 0 radical (unpaired) electrons. The Balaban J connectivity index is 2.12. The van der Waals surface area contributed by atoms with E-state index in [-0.39, 0.29) is 5.82 Å². The smallest absolute Gasteiger partial charge is 0.178 e. The minimum absolute atomic E-state index is 0.176. The summed E-state index contributed by atoms with van der Waals surface area (Å²) in [6.45, 7) is 2.75. The molecule has 1 saturated carbocycles. The van der Waals surface area contributed by atoms with Crippen LogP contribution in [0.15, 0.2) is 12.1 Å². The number of halogens is 1. The summed E-state index contributed by atoms with van der Waals surface area (Å²) >= 11 is 5.31. The minimum Gasteiger partial charge on any atom is -0.330 e. The van der Waals surface area contributed by atoms with Gasteiger partial charge in [0.2, 0.25) is 0 Å². The number of H-pyrrole nitrogens is 1. The van der Waals surface area contributed by atoms with E-state index in [0.717, 1.165) is 23.5 Å². The molecule has 0 unspecified atom stereocenters. The molecule has 1 N–H and O–H groups in total. The number of aromatic amines is 1. The van der Waals surface area contributed by atoms with Crippen molar-refractivity contribution in [2.24, 2.45) is 5.92 Å². The lowest BCUT2D eigenvalue weighted by atomic mass is 9.85. The molecule has 0 bridgehead atoms. The summed E-state index contributed by atoms with van der Waals surface area (Å²) in [5.41, 5.74) is 2.51. The number of fused-ring (bicyclic) bond motifs is 1. The van der Waals surface area contributed by atoms with Crippen molar-refractivity contribution >= 4 is 23.3 Å². The van der Waals surface area contributed by atoms with Gasteiger partial charge in [0.1, 0.15) is 5.82 Å². The first-order valence-corrected chi connectivity index (χ1v) is 6.44. The minimum atomic E-state index is -0.176. The van der Waals surface area contributed by atoms with Crippen molar-refractivity contribution in [1.29, 1.82) is 0 Å². The van der Waals surface area contributed by atoms with Crippen molar-refractivity contribution < 1.29 is 4.39 Å². The number of imidazole rings is 1. The number of benzene rings is 1. The molecule has 0 amide bonds. The van der Waals surface area contributed by atoms with Gasteiger partial charge in [-0.2, -0.15) is 0 Å². The summed E-state index contributed by atoms with van der Waals surface area (Å²) in [7, 11) is 0. The lowest BCUT2D eigenvalue weighted by molar-refractivity contribution is 0.278. The van der Waals surface area contributed by atoms with E-state index < -0.39 is 0 Å². The largest absolute Gasteiger partial charge is 0.330 e. The van der Waals surface area contributed by atoms with Gasteiger partial charge in [0.15, 0.2) is 4.77 Å². The molecule has 1 fully saturated rings. The SMILES string of the molecule is Cc1cc2c(cc1F)[nH]c(=S)n2CC1CCC1. The standard InChI is InChI=1S/C13H15FN2S/c1-8-5-12-11(6-10(8)14)15-13(17)16(12)7-9-3-2-4-9/h5-6,9H,2-4,7H2,1H3,(H,15,17). The highest BCUT2D eigenvalue weighted by Gasteiger charge is 2.19. The third kappa shape index (κ3) is 1.80. The van der Waals surface area contributed by atoms with E-state index in [2.05, 4.69) is 9.55 Å². The molecular formula is C13H15FN2S. The molecule has 0 spiro atoms. The van der Waals surface area contributed by atoms with Gasteiger partial charge in [-0.1, -0.05) is 6.42 Å². The molecule has 4 heteroatoms. The van der Waals surface area contributed by atoms with Crippen LogP contribution < -0.4 is 0 Å². The molecular weight excluding hydrogens is 235 g/mol. The van der Waals surface area contributed by atoms with Gasteiger partial charge in [0, 0.05) is 6.54 Å². The van der Waals surface area contributed by atoms with Crippen LogP contribution in [-0.4, -0.2) is 9.55 Å². The van der Waals surface area contributed by atoms with Gasteiger partial charge < -0.3 is 9.55 Å². The Morgan fingerprint density at radius 3 is 2.88 bits per heavy atom. The van der Waals surface area contributed by atoms with Crippen LogP contribution >= 0.6 is 12.2 Å². The molecule has 0 aliphatic heterocycles. The first-order valence-electron chi connectivity index (χ1n) is 6.04. The Labute approximate surface area is 104 Å². The van der Waals surface area contributed by atoms with Gasteiger partial charge in [-0.05, 0) is 55.6 Å². The molecule has 1 aromatic heterocycles. The quantitative estimate of drug-likeness (QED) is 0.800. The number of hydrogen-bond donors (Lipinski definition) is 1. The molecule has 3 rings (SSSR count). The highest BCUT2D eigenvalue weighted by Crippen LogP contribution is 2.29. The maximum atomic E-state index is 13.5. The zero-order valence-electron chi connectivity index (χ0n) is 9.79. The fourth-order valence-electron chi connectivity index (χ4n) is 2.40. The highest BCUT2D eigenvalue weighted by molar-refractivity contribution is 7.71. The van der Waals surface area contributed by atoms with Crippen molar-refractivity contribution in [3.63, 3.8) is 0 Å². The maximum absolute atomic E-state index is 13.5. The predicted octanol–water partition coefficient (Wildman–Crippen LogP) is 3.95. The average Bonchev–Trinajstić information content (AvgIpc) is 2.49. The van der Waals surface area contributed by atoms with E-state index in [1.54, 1.807) is 6.92 Å². The number of nitrogens with zero attached hydrogens (tertiary/aromatic N) is 1. The maximum Gasteiger partial charge on any atom is 0.178 e. The number of aromatic nitrogens is 2. The van der Waals surface area contributed by atoms with E-state index in [0.29, 0.717) is 10.3 Å². The van der Waals surface area contributed by atoms with E-state index in [4.69, 9.17) is 12.2 Å². The van der Waals surface area contributed by atoms with Crippen LogP contribution in [0, 0.1) is 23.4 Å². The lowest BCUT2D eigenvalue weighted by Gasteiger charge is -2.25. The summed E-state index contributed by atoms with van der Waals surface area (Å²) in [6.07, 6.45) is 3.90. The first kappa shape index (κ1) is 11.0.